The molecule has 0 aromatic carbocycles. The van der Waals surface area contributed by atoms with Crippen LogP contribution >= 0.6 is 0 Å². The Labute approximate surface area is 63.6 Å². The van der Waals surface area contributed by atoms with Gasteiger partial charge in [0.15, 0.2) is 0 Å². The number of nitrogens with two attached hydrogens (primary N) is 1. The zero-order chi connectivity index (χ0) is 7.98. The molecule has 0 aromatic rings. The smallest absolute Gasteiger partial charge is 0.00368 e. The minimum absolute atomic E-state index is 0.597. The Bertz CT molecular complexity index is 123. The fourth-order valence-corrected chi connectivity index (χ4v) is 0.848. The Hall–Kier alpha value is -0.560. The van der Waals surface area contributed by atoms with Gasteiger partial charge < -0.3 is 5.73 Å². The Balaban J connectivity index is 3.90. The molecule has 0 atom stereocenters. The third-order valence-electron chi connectivity index (χ3n) is 1.24. The second kappa shape index (κ2) is 5.24. The molecular formula is C9H17N. The lowest BCUT2D eigenvalue weighted by molar-refractivity contribution is 0.813. The maximum atomic E-state index is 5.39. The third kappa shape index (κ3) is 4.33. The number of allylic oxidation sites excluding steroid dienone is 2. The van der Waals surface area contributed by atoms with Gasteiger partial charge in [0.2, 0.25) is 0 Å². The highest BCUT2D eigenvalue weighted by atomic mass is 14.5. The van der Waals surface area contributed by atoms with Crippen molar-refractivity contribution in [3.63, 3.8) is 0 Å². The Morgan fingerprint density at radius 1 is 1.60 bits per heavy atom. The van der Waals surface area contributed by atoms with Crippen molar-refractivity contribution < 1.29 is 0 Å². The molecule has 1 heteroatoms. The summed E-state index contributed by atoms with van der Waals surface area (Å²) in [6, 6.07) is 0. The molecule has 0 aliphatic heterocycles. The minimum atomic E-state index is 0.597. The van der Waals surface area contributed by atoms with Crippen LogP contribution < -0.4 is 5.73 Å². The lowest BCUT2D eigenvalue weighted by Crippen LogP contribution is -1.99. The molecule has 0 spiro atoms. The van der Waals surface area contributed by atoms with E-state index in [0.29, 0.717) is 12.5 Å². The fourth-order valence-electron chi connectivity index (χ4n) is 0.848. The molecule has 0 radical (unpaired) electrons. The topological polar surface area (TPSA) is 26.0 Å². The van der Waals surface area contributed by atoms with Gasteiger partial charge in [-0.3, -0.25) is 0 Å². The first-order valence-electron chi connectivity index (χ1n) is 3.74. The molecule has 0 bridgehead atoms. The molecule has 0 saturated heterocycles. The van der Waals surface area contributed by atoms with Crippen LogP contribution in [0.5, 0.6) is 0 Å². The van der Waals surface area contributed by atoms with Crippen molar-refractivity contribution in [1.82, 2.24) is 0 Å². The largest absolute Gasteiger partial charge is 0.330 e. The first-order chi connectivity index (χ1) is 4.70. The van der Waals surface area contributed by atoms with E-state index in [0.717, 1.165) is 6.42 Å². The summed E-state index contributed by atoms with van der Waals surface area (Å²) in [6.07, 6.45) is 5.02. The molecule has 0 amide bonds. The van der Waals surface area contributed by atoms with E-state index in [-0.39, 0.29) is 0 Å². The zero-order valence-electron chi connectivity index (χ0n) is 6.93. The monoisotopic (exact) mass is 139 g/mol. The molecule has 0 aliphatic carbocycles. The van der Waals surface area contributed by atoms with E-state index in [9.17, 15) is 0 Å². The second-order valence-corrected chi connectivity index (χ2v) is 2.73. The van der Waals surface area contributed by atoms with Gasteiger partial charge in [-0.15, -0.1) is 0 Å². The van der Waals surface area contributed by atoms with E-state index < -0.39 is 0 Å². The van der Waals surface area contributed by atoms with Gasteiger partial charge in [0, 0.05) is 0 Å². The van der Waals surface area contributed by atoms with Crippen LogP contribution in [-0.4, -0.2) is 6.54 Å². The highest BCUT2D eigenvalue weighted by molar-refractivity contribution is 5.16. The fraction of sp³-hybridized carbons (Fsp3) is 0.556. The van der Waals surface area contributed by atoms with Gasteiger partial charge >= 0.3 is 0 Å². The SMILES string of the molecule is C=C/C(=C\C(C)C)CCN. The molecule has 0 aliphatic rings. The van der Waals surface area contributed by atoms with Crippen molar-refractivity contribution in [1.29, 1.82) is 0 Å². The van der Waals surface area contributed by atoms with Crippen molar-refractivity contribution in [3.05, 3.63) is 24.3 Å². The van der Waals surface area contributed by atoms with Crippen molar-refractivity contribution >= 4 is 0 Å². The predicted octanol–water partition coefficient (Wildman–Crippen LogP) is 2.10. The molecular weight excluding hydrogens is 122 g/mol. The van der Waals surface area contributed by atoms with Crippen LogP contribution in [0.3, 0.4) is 0 Å². The molecule has 0 aromatic heterocycles. The van der Waals surface area contributed by atoms with Crippen LogP contribution in [0.15, 0.2) is 24.3 Å². The molecule has 0 rings (SSSR count). The first-order valence-corrected chi connectivity index (χ1v) is 3.74. The molecule has 1 nitrogen and oxygen atoms in total. The summed E-state index contributed by atoms with van der Waals surface area (Å²) in [5, 5.41) is 0. The summed E-state index contributed by atoms with van der Waals surface area (Å²) in [4.78, 5) is 0. The van der Waals surface area contributed by atoms with Crippen molar-refractivity contribution in [2.24, 2.45) is 11.7 Å². The lowest BCUT2D eigenvalue weighted by atomic mass is 10.1. The summed E-state index contributed by atoms with van der Waals surface area (Å²) in [7, 11) is 0. The van der Waals surface area contributed by atoms with Crippen LogP contribution in [0, 0.1) is 5.92 Å². The summed E-state index contributed by atoms with van der Waals surface area (Å²) >= 11 is 0. The van der Waals surface area contributed by atoms with Crippen LogP contribution in [-0.2, 0) is 0 Å². The highest BCUT2D eigenvalue weighted by Crippen LogP contribution is 2.05. The molecule has 10 heavy (non-hydrogen) atoms. The van der Waals surface area contributed by atoms with Crippen LogP contribution in [0.1, 0.15) is 20.3 Å². The Morgan fingerprint density at radius 3 is 2.50 bits per heavy atom. The number of rotatable bonds is 4. The molecule has 0 unspecified atom stereocenters. The van der Waals surface area contributed by atoms with Crippen molar-refractivity contribution in [2.75, 3.05) is 6.54 Å². The summed E-state index contributed by atoms with van der Waals surface area (Å²) in [6.45, 7) is 8.73. The van der Waals surface area contributed by atoms with Crippen LogP contribution in [0.4, 0.5) is 0 Å². The Morgan fingerprint density at radius 2 is 2.20 bits per heavy atom. The maximum absolute atomic E-state index is 5.39. The van der Waals surface area contributed by atoms with Gasteiger partial charge in [-0.05, 0) is 18.9 Å². The van der Waals surface area contributed by atoms with Crippen LogP contribution in [0.25, 0.3) is 0 Å². The van der Waals surface area contributed by atoms with E-state index in [1.807, 2.05) is 6.08 Å². The predicted molar refractivity (Wildman–Crippen MR) is 46.8 cm³/mol. The molecule has 2 N–H and O–H groups in total. The average molecular weight is 139 g/mol. The molecule has 0 heterocycles. The van der Waals surface area contributed by atoms with Crippen molar-refractivity contribution in [2.45, 2.75) is 20.3 Å². The van der Waals surface area contributed by atoms with E-state index in [1.54, 1.807) is 0 Å². The summed E-state index contributed by atoms with van der Waals surface area (Å²) in [5.41, 5.74) is 6.65. The first kappa shape index (κ1) is 9.44. The number of hydrogen-bond acceptors (Lipinski definition) is 1. The van der Waals surface area contributed by atoms with E-state index in [4.69, 9.17) is 5.73 Å². The van der Waals surface area contributed by atoms with Gasteiger partial charge in [0.05, 0.1) is 0 Å². The molecule has 58 valence electrons. The number of hydrogen-bond donors (Lipinski definition) is 1. The Kier molecular flexibility index (Phi) is 4.95. The normalized spacial score (nSPS) is 12.2. The van der Waals surface area contributed by atoms with E-state index in [2.05, 4.69) is 26.5 Å². The quantitative estimate of drug-likeness (QED) is 0.593. The zero-order valence-corrected chi connectivity index (χ0v) is 6.93. The van der Waals surface area contributed by atoms with Crippen LogP contribution in [0.2, 0.25) is 0 Å². The second-order valence-electron chi connectivity index (χ2n) is 2.73. The van der Waals surface area contributed by atoms with E-state index >= 15 is 0 Å². The molecule has 0 fully saturated rings. The van der Waals surface area contributed by atoms with Gasteiger partial charge in [0.25, 0.3) is 0 Å². The van der Waals surface area contributed by atoms with E-state index in [1.165, 1.54) is 5.57 Å². The van der Waals surface area contributed by atoms with Crippen molar-refractivity contribution in [3.8, 4) is 0 Å². The summed E-state index contributed by atoms with van der Waals surface area (Å²) < 4.78 is 0. The maximum Gasteiger partial charge on any atom is -0.00368 e. The third-order valence-corrected chi connectivity index (χ3v) is 1.24. The van der Waals surface area contributed by atoms with Gasteiger partial charge in [-0.25, -0.2) is 0 Å². The summed E-state index contributed by atoms with van der Waals surface area (Å²) in [5.74, 6) is 0.597. The van der Waals surface area contributed by atoms with Gasteiger partial charge in [-0.1, -0.05) is 38.2 Å². The minimum Gasteiger partial charge on any atom is -0.330 e. The lowest BCUT2D eigenvalue weighted by Gasteiger charge is -2.00. The average Bonchev–Trinajstić information content (AvgIpc) is 1.86. The standard InChI is InChI=1S/C9H17N/c1-4-9(5-6-10)7-8(2)3/h4,7-8H,1,5-6,10H2,2-3H3/b9-7+. The molecule has 0 saturated carbocycles. The van der Waals surface area contributed by atoms with Gasteiger partial charge in [-0.2, -0.15) is 0 Å². The van der Waals surface area contributed by atoms with Gasteiger partial charge in [0.1, 0.15) is 0 Å². The highest BCUT2D eigenvalue weighted by Gasteiger charge is 1.91.